The predicted molar refractivity (Wildman–Crippen MR) is 146 cm³/mol. The average molecular weight is 512 g/mol. The summed E-state index contributed by atoms with van der Waals surface area (Å²) in [6.45, 7) is 2.57. The highest BCUT2D eigenvalue weighted by Gasteiger charge is 2.18. The molecule has 0 saturated carbocycles. The first-order valence-corrected chi connectivity index (χ1v) is 12.5. The van der Waals surface area contributed by atoms with E-state index in [1.165, 1.54) is 11.7 Å². The Hall–Kier alpha value is -4.61. The summed E-state index contributed by atoms with van der Waals surface area (Å²) in [7, 11) is 1.50. The molecule has 0 unspecified atom stereocenters. The molecule has 0 fully saturated rings. The molecule has 0 aliphatic rings. The third kappa shape index (κ3) is 5.63. The standard InChI is InChI=1S/C29H25N3O4S/c1-3-17-36-24-15-9-7-11-20(24)18-26-28(34)32(21-12-5-4-6-13-21)29(37-26)22(19-30)27(33)31-23-14-8-10-16-25(23)35-2/h4-16,18H,3,17H2,1-2H3,(H,31,33)/b26-18-,29-22+. The maximum atomic E-state index is 13.6. The Morgan fingerprint density at radius 2 is 1.70 bits per heavy atom. The number of methoxy groups -OCH3 is 1. The molecule has 0 aliphatic carbocycles. The molecule has 186 valence electrons. The number of amides is 1. The van der Waals surface area contributed by atoms with Crippen molar-refractivity contribution >= 4 is 34.6 Å². The Balaban J connectivity index is 1.94. The SMILES string of the molecule is CCCOc1ccccc1/C=c1\s/c(=C(\C#N)C(=O)Nc2ccccc2OC)n(-c2ccccc2)c1=O. The molecule has 1 heterocycles. The van der Waals surface area contributed by atoms with Crippen molar-refractivity contribution in [3.8, 4) is 23.3 Å². The number of ether oxygens (including phenoxy) is 2. The van der Waals surface area contributed by atoms with Gasteiger partial charge in [-0.05, 0) is 42.8 Å². The normalized spacial score (nSPS) is 12.0. The van der Waals surface area contributed by atoms with Crippen molar-refractivity contribution in [2.45, 2.75) is 13.3 Å². The summed E-state index contributed by atoms with van der Waals surface area (Å²) in [4.78, 5) is 26.9. The van der Waals surface area contributed by atoms with E-state index in [1.807, 2.05) is 43.3 Å². The minimum absolute atomic E-state index is 0.188. The first kappa shape index (κ1) is 25.5. The highest BCUT2D eigenvalue weighted by atomic mass is 32.1. The number of carbonyl (C=O) groups excluding carboxylic acids is 1. The van der Waals surface area contributed by atoms with Gasteiger partial charge in [-0.3, -0.25) is 14.2 Å². The molecule has 0 bridgehead atoms. The van der Waals surface area contributed by atoms with Gasteiger partial charge in [0.15, 0.2) is 5.57 Å². The maximum Gasteiger partial charge on any atom is 0.273 e. The molecule has 4 rings (SSSR count). The van der Waals surface area contributed by atoms with Gasteiger partial charge in [-0.15, -0.1) is 11.3 Å². The van der Waals surface area contributed by atoms with E-state index < -0.39 is 5.91 Å². The van der Waals surface area contributed by atoms with Crippen LogP contribution in [0.15, 0.2) is 83.7 Å². The average Bonchev–Trinajstić information content (AvgIpc) is 3.24. The third-order valence-corrected chi connectivity index (χ3v) is 6.51. The van der Waals surface area contributed by atoms with Crippen molar-refractivity contribution in [2.24, 2.45) is 0 Å². The van der Waals surface area contributed by atoms with Gasteiger partial charge in [0.2, 0.25) is 0 Å². The van der Waals surface area contributed by atoms with E-state index in [2.05, 4.69) is 5.32 Å². The van der Waals surface area contributed by atoms with E-state index >= 15 is 0 Å². The number of para-hydroxylation sites is 4. The number of rotatable bonds is 8. The lowest BCUT2D eigenvalue weighted by Crippen LogP contribution is -2.32. The highest BCUT2D eigenvalue weighted by Crippen LogP contribution is 2.23. The predicted octanol–water partition coefficient (Wildman–Crippen LogP) is 3.84. The molecule has 0 spiro atoms. The molecule has 0 radical (unpaired) electrons. The molecule has 1 N–H and O–H groups in total. The van der Waals surface area contributed by atoms with E-state index in [1.54, 1.807) is 54.6 Å². The molecular formula is C29H25N3O4S. The van der Waals surface area contributed by atoms with Crippen LogP contribution >= 0.6 is 11.3 Å². The number of hydrogen-bond donors (Lipinski definition) is 1. The molecule has 3 aromatic carbocycles. The molecule has 1 aromatic heterocycles. The van der Waals surface area contributed by atoms with E-state index in [0.717, 1.165) is 23.3 Å². The van der Waals surface area contributed by atoms with Gasteiger partial charge in [0, 0.05) is 5.56 Å². The van der Waals surface area contributed by atoms with Gasteiger partial charge in [-0.25, -0.2) is 0 Å². The molecule has 0 saturated heterocycles. The van der Waals surface area contributed by atoms with Crippen molar-refractivity contribution in [1.29, 1.82) is 5.26 Å². The Labute approximate surface area is 218 Å². The molecule has 0 atom stereocenters. The minimum Gasteiger partial charge on any atom is -0.495 e. The van der Waals surface area contributed by atoms with Gasteiger partial charge in [0.25, 0.3) is 11.5 Å². The van der Waals surface area contributed by atoms with E-state index in [-0.39, 0.29) is 15.8 Å². The smallest absolute Gasteiger partial charge is 0.273 e. The van der Waals surface area contributed by atoms with Crippen LogP contribution in [0.2, 0.25) is 0 Å². The number of benzene rings is 3. The van der Waals surface area contributed by atoms with Crippen LogP contribution in [-0.2, 0) is 4.79 Å². The van der Waals surface area contributed by atoms with Crippen molar-refractivity contribution in [3.63, 3.8) is 0 Å². The zero-order valence-corrected chi connectivity index (χ0v) is 21.2. The van der Waals surface area contributed by atoms with Gasteiger partial charge in [0.1, 0.15) is 22.2 Å². The molecule has 7 nitrogen and oxygen atoms in total. The monoisotopic (exact) mass is 511 g/mol. The molecule has 0 aliphatic heterocycles. The Kier molecular flexibility index (Phi) is 8.18. The summed E-state index contributed by atoms with van der Waals surface area (Å²) in [5, 5.41) is 12.8. The van der Waals surface area contributed by atoms with Crippen molar-refractivity contribution < 1.29 is 14.3 Å². The first-order valence-electron chi connectivity index (χ1n) is 11.7. The van der Waals surface area contributed by atoms with Crippen LogP contribution in [0.1, 0.15) is 18.9 Å². The molecule has 37 heavy (non-hydrogen) atoms. The molecule has 1 amide bonds. The van der Waals surface area contributed by atoms with Crippen molar-refractivity contribution in [1.82, 2.24) is 4.57 Å². The second kappa shape index (κ2) is 11.9. The van der Waals surface area contributed by atoms with Gasteiger partial charge in [-0.1, -0.05) is 55.5 Å². The highest BCUT2D eigenvalue weighted by molar-refractivity contribution is 7.07. The number of nitriles is 1. The Morgan fingerprint density at radius 3 is 2.41 bits per heavy atom. The van der Waals surface area contributed by atoms with Crippen LogP contribution in [0, 0.1) is 11.3 Å². The number of anilines is 1. The van der Waals surface area contributed by atoms with Crippen molar-refractivity contribution in [2.75, 3.05) is 19.0 Å². The summed E-state index contributed by atoms with van der Waals surface area (Å²) in [6, 6.07) is 25.3. The lowest BCUT2D eigenvalue weighted by Gasteiger charge is -2.09. The van der Waals surface area contributed by atoms with E-state index in [9.17, 15) is 14.9 Å². The van der Waals surface area contributed by atoms with Crippen LogP contribution in [0.3, 0.4) is 0 Å². The summed E-state index contributed by atoms with van der Waals surface area (Å²) < 4.78 is 13.1. The van der Waals surface area contributed by atoms with Gasteiger partial charge in [0.05, 0.1) is 29.6 Å². The fourth-order valence-corrected chi connectivity index (χ4v) is 4.77. The number of hydrogen-bond acceptors (Lipinski definition) is 6. The third-order valence-electron chi connectivity index (χ3n) is 5.41. The summed E-state index contributed by atoms with van der Waals surface area (Å²) in [5.74, 6) is 0.469. The maximum absolute atomic E-state index is 13.6. The lowest BCUT2D eigenvalue weighted by molar-refractivity contribution is -0.111. The van der Waals surface area contributed by atoms with Crippen LogP contribution in [0.25, 0.3) is 17.3 Å². The Morgan fingerprint density at radius 1 is 1.03 bits per heavy atom. The number of nitrogens with zero attached hydrogens (tertiary/aromatic N) is 2. The van der Waals surface area contributed by atoms with Gasteiger partial charge >= 0.3 is 0 Å². The molecular weight excluding hydrogens is 486 g/mol. The largest absolute Gasteiger partial charge is 0.495 e. The summed E-state index contributed by atoms with van der Waals surface area (Å²) in [6.07, 6.45) is 2.58. The lowest BCUT2D eigenvalue weighted by atomic mass is 10.2. The zero-order chi connectivity index (χ0) is 26.2. The number of carbonyl (C=O) groups is 1. The number of aromatic nitrogens is 1. The van der Waals surface area contributed by atoms with Crippen LogP contribution in [0.4, 0.5) is 5.69 Å². The second-order valence-electron chi connectivity index (χ2n) is 7.92. The molecule has 4 aromatic rings. The van der Waals surface area contributed by atoms with Gasteiger partial charge < -0.3 is 14.8 Å². The van der Waals surface area contributed by atoms with E-state index in [0.29, 0.717) is 34.0 Å². The topological polar surface area (TPSA) is 93.3 Å². The zero-order valence-electron chi connectivity index (χ0n) is 20.4. The van der Waals surface area contributed by atoms with Crippen LogP contribution in [-0.4, -0.2) is 24.2 Å². The Bertz CT molecular complexity index is 1630. The minimum atomic E-state index is -0.642. The first-order chi connectivity index (χ1) is 18.1. The summed E-state index contributed by atoms with van der Waals surface area (Å²) in [5.41, 5.74) is 1.17. The van der Waals surface area contributed by atoms with Crippen LogP contribution in [0.5, 0.6) is 11.5 Å². The second-order valence-corrected chi connectivity index (χ2v) is 8.95. The fourth-order valence-electron chi connectivity index (χ4n) is 3.67. The van der Waals surface area contributed by atoms with Crippen molar-refractivity contribution in [3.05, 3.63) is 104 Å². The van der Waals surface area contributed by atoms with Gasteiger partial charge in [-0.2, -0.15) is 5.26 Å². The van der Waals surface area contributed by atoms with Crippen LogP contribution < -0.4 is 29.5 Å². The molecule has 8 heteroatoms. The fraction of sp³-hybridized carbons (Fsp3) is 0.138. The van der Waals surface area contributed by atoms with E-state index in [4.69, 9.17) is 9.47 Å². The summed E-state index contributed by atoms with van der Waals surface area (Å²) >= 11 is 1.08. The number of thiazole rings is 1. The quantitative estimate of drug-likeness (QED) is 0.388. The number of nitrogens with one attached hydrogen (secondary N) is 1.